The number of guanidine groups is 1. The highest BCUT2D eigenvalue weighted by molar-refractivity contribution is 5.86. The Morgan fingerprint density at radius 2 is 1.96 bits per heavy atom. The number of amides is 1. The molecule has 1 aromatic carbocycles. The first-order valence-electron chi connectivity index (χ1n) is 9.10. The van der Waals surface area contributed by atoms with E-state index in [1.54, 1.807) is 7.11 Å². The smallest absolute Gasteiger partial charge is 0.239 e. The Morgan fingerprint density at radius 1 is 1.15 bits per heavy atom. The minimum atomic E-state index is -0.102. The number of hydrogen-bond donors (Lipinski definition) is 3. The van der Waals surface area contributed by atoms with Crippen molar-refractivity contribution < 1.29 is 14.3 Å². The van der Waals surface area contributed by atoms with Crippen LogP contribution in [0.25, 0.3) is 0 Å². The Labute approximate surface area is 156 Å². The van der Waals surface area contributed by atoms with Crippen molar-refractivity contribution in [3.05, 3.63) is 29.3 Å². The van der Waals surface area contributed by atoms with Gasteiger partial charge >= 0.3 is 0 Å². The van der Waals surface area contributed by atoms with E-state index >= 15 is 0 Å². The molecule has 1 rings (SSSR count). The molecule has 1 amide bonds. The van der Waals surface area contributed by atoms with Gasteiger partial charge in [0.05, 0.1) is 26.3 Å². The van der Waals surface area contributed by atoms with Gasteiger partial charge in [0, 0.05) is 25.8 Å². The highest BCUT2D eigenvalue weighted by atomic mass is 16.5. The van der Waals surface area contributed by atoms with Crippen LogP contribution in [0.5, 0.6) is 5.75 Å². The summed E-state index contributed by atoms with van der Waals surface area (Å²) in [6, 6.07) is 6.11. The fourth-order valence-corrected chi connectivity index (χ4v) is 2.16. The lowest BCUT2D eigenvalue weighted by Crippen LogP contribution is -2.43. The Kier molecular flexibility index (Phi) is 10.9. The second-order valence-electron chi connectivity index (χ2n) is 5.85. The zero-order valence-corrected chi connectivity index (χ0v) is 16.4. The second-order valence-corrected chi connectivity index (χ2v) is 5.85. The molecular weight excluding hydrogens is 332 g/mol. The average Bonchev–Trinajstić information content (AvgIpc) is 2.63. The molecule has 146 valence electrons. The van der Waals surface area contributed by atoms with E-state index < -0.39 is 0 Å². The number of rotatable bonds is 11. The Morgan fingerprint density at radius 3 is 2.65 bits per heavy atom. The summed E-state index contributed by atoms with van der Waals surface area (Å²) < 4.78 is 10.7. The largest absolute Gasteiger partial charge is 0.493 e. The normalized spacial score (nSPS) is 11.2. The molecule has 7 heteroatoms. The van der Waals surface area contributed by atoms with Crippen LogP contribution in [0.3, 0.4) is 0 Å². The molecule has 0 atom stereocenters. The lowest BCUT2D eigenvalue weighted by atomic mass is 10.1. The number of carbonyl (C=O) groups excluding carboxylic acids is 1. The average molecular weight is 364 g/mol. The van der Waals surface area contributed by atoms with Crippen molar-refractivity contribution in [2.45, 2.75) is 33.7 Å². The summed E-state index contributed by atoms with van der Waals surface area (Å²) in [4.78, 5) is 16.3. The summed E-state index contributed by atoms with van der Waals surface area (Å²) in [6.07, 6.45) is 0.957. The summed E-state index contributed by atoms with van der Waals surface area (Å²) in [5, 5.41) is 8.94. The van der Waals surface area contributed by atoms with E-state index in [1.165, 1.54) is 0 Å². The third-order valence-electron chi connectivity index (χ3n) is 3.48. The number of aryl methyl sites for hydroxylation is 1. The Hall–Kier alpha value is -2.28. The second kappa shape index (κ2) is 13.0. The minimum absolute atomic E-state index is 0.102. The monoisotopic (exact) mass is 364 g/mol. The number of aliphatic imine (C=N–C) groups is 1. The van der Waals surface area contributed by atoms with Crippen molar-refractivity contribution in [2.24, 2.45) is 4.99 Å². The van der Waals surface area contributed by atoms with Crippen molar-refractivity contribution in [3.8, 4) is 5.75 Å². The topological polar surface area (TPSA) is 84.0 Å². The number of methoxy groups -OCH3 is 1. The number of hydrogen-bond acceptors (Lipinski definition) is 4. The molecule has 0 aromatic heterocycles. The molecule has 0 fully saturated rings. The van der Waals surface area contributed by atoms with E-state index in [0.29, 0.717) is 38.8 Å². The standard InChI is InChI=1S/C19H32N4O3/c1-5-10-26-17-12-15(3)7-8-16(17)13-22-19(20-6-2)23-14-18(24)21-9-11-25-4/h7-8,12H,5-6,9-11,13-14H2,1-4H3,(H,21,24)(H2,20,22,23). The Bertz CT molecular complexity index is 576. The van der Waals surface area contributed by atoms with Gasteiger partial charge in [0.2, 0.25) is 5.91 Å². The maximum Gasteiger partial charge on any atom is 0.239 e. The lowest BCUT2D eigenvalue weighted by molar-refractivity contribution is -0.120. The van der Waals surface area contributed by atoms with Crippen LogP contribution in [0.2, 0.25) is 0 Å². The molecule has 0 unspecified atom stereocenters. The van der Waals surface area contributed by atoms with Gasteiger partial charge in [0.1, 0.15) is 5.75 Å². The molecule has 0 heterocycles. The summed E-state index contributed by atoms with van der Waals surface area (Å²) >= 11 is 0. The van der Waals surface area contributed by atoms with Crippen LogP contribution in [0.1, 0.15) is 31.4 Å². The molecular formula is C19H32N4O3. The van der Waals surface area contributed by atoms with Crippen molar-refractivity contribution in [2.75, 3.05) is 40.0 Å². The quantitative estimate of drug-likeness (QED) is 0.316. The zero-order chi connectivity index (χ0) is 19.2. The fraction of sp³-hybridized carbons (Fsp3) is 0.579. The molecule has 0 radical (unpaired) electrons. The van der Waals surface area contributed by atoms with E-state index in [1.807, 2.05) is 32.0 Å². The maximum atomic E-state index is 11.8. The van der Waals surface area contributed by atoms with Crippen molar-refractivity contribution in [3.63, 3.8) is 0 Å². The van der Waals surface area contributed by atoms with E-state index in [2.05, 4.69) is 27.9 Å². The molecule has 0 aliphatic heterocycles. The van der Waals surface area contributed by atoms with Gasteiger partial charge in [-0.3, -0.25) is 4.79 Å². The lowest BCUT2D eigenvalue weighted by Gasteiger charge is -2.13. The van der Waals surface area contributed by atoms with Gasteiger partial charge in [-0.05, 0) is 31.9 Å². The van der Waals surface area contributed by atoms with E-state index in [0.717, 1.165) is 23.3 Å². The molecule has 1 aromatic rings. The van der Waals surface area contributed by atoms with Crippen LogP contribution in [0, 0.1) is 6.92 Å². The van der Waals surface area contributed by atoms with Crippen LogP contribution >= 0.6 is 0 Å². The number of ether oxygens (including phenoxy) is 2. The van der Waals surface area contributed by atoms with Gasteiger partial charge in [-0.1, -0.05) is 19.1 Å². The molecule has 0 saturated carbocycles. The van der Waals surface area contributed by atoms with E-state index in [-0.39, 0.29) is 12.5 Å². The molecule has 3 N–H and O–H groups in total. The predicted octanol–water partition coefficient (Wildman–Crippen LogP) is 1.60. The highest BCUT2D eigenvalue weighted by Gasteiger charge is 2.06. The summed E-state index contributed by atoms with van der Waals surface area (Å²) in [7, 11) is 1.60. The van der Waals surface area contributed by atoms with E-state index in [9.17, 15) is 4.79 Å². The van der Waals surface area contributed by atoms with Crippen LogP contribution in [-0.4, -0.2) is 51.8 Å². The van der Waals surface area contributed by atoms with Crippen molar-refractivity contribution in [1.82, 2.24) is 16.0 Å². The van der Waals surface area contributed by atoms with Gasteiger partial charge in [0.15, 0.2) is 5.96 Å². The minimum Gasteiger partial charge on any atom is -0.493 e. The van der Waals surface area contributed by atoms with Gasteiger partial charge in [-0.25, -0.2) is 4.99 Å². The number of nitrogens with one attached hydrogen (secondary N) is 3. The molecule has 0 aliphatic rings. The SMILES string of the molecule is CCCOc1cc(C)ccc1CN=C(NCC)NCC(=O)NCCOC. The first kappa shape index (κ1) is 21.8. The third-order valence-corrected chi connectivity index (χ3v) is 3.48. The maximum absolute atomic E-state index is 11.8. The molecule has 0 aliphatic carbocycles. The summed E-state index contributed by atoms with van der Waals surface area (Å²) in [5.41, 5.74) is 2.17. The predicted molar refractivity (Wildman–Crippen MR) is 105 cm³/mol. The number of benzene rings is 1. The zero-order valence-electron chi connectivity index (χ0n) is 16.4. The first-order chi connectivity index (χ1) is 12.6. The van der Waals surface area contributed by atoms with Crippen LogP contribution in [0.15, 0.2) is 23.2 Å². The van der Waals surface area contributed by atoms with Gasteiger partial charge in [-0.2, -0.15) is 0 Å². The molecule has 26 heavy (non-hydrogen) atoms. The molecule has 0 bridgehead atoms. The van der Waals surface area contributed by atoms with Crippen molar-refractivity contribution in [1.29, 1.82) is 0 Å². The number of nitrogens with zero attached hydrogens (tertiary/aromatic N) is 1. The van der Waals surface area contributed by atoms with E-state index in [4.69, 9.17) is 9.47 Å². The molecule has 0 saturated heterocycles. The van der Waals surface area contributed by atoms with Crippen molar-refractivity contribution >= 4 is 11.9 Å². The highest BCUT2D eigenvalue weighted by Crippen LogP contribution is 2.21. The van der Waals surface area contributed by atoms with Gasteiger partial charge < -0.3 is 25.4 Å². The first-order valence-corrected chi connectivity index (χ1v) is 9.10. The summed E-state index contributed by atoms with van der Waals surface area (Å²) in [6.45, 7) is 9.11. The third kappa shape index (κ3) is 8.71. The molecule has 7 nitrogen and oxygen atoms in total. The summed E-state index contributed by atoms with van der Waals surface area (Å²) in [5.74, 6) is 1.36. The Balaban J connectivity index is 2.66. The van der Waals surface area contributed by atoms with Crippen LogP contribution in [0.4, 0.5) is 0 Å². The van der Waals surface area contributed by atoms with Crippen LogP contribution in [-0.2, 0) is 16.1 Å². The molecule has 0 spiro atoms. The van der Waals surface area contributed by atoms with Crippen LogP contribution < -0.4 is 20.7 Å². The number of carbonyl (C=O) groups is 1. The van der Waals surface area contributed by atoms with Gasteiger partial charge in [-0.15, -0.1) is 0 Å². The van der Waals surface area contributed by atoms with Gasteiger partial charge in [0.25, 0.3) is 0 Å². The fourth-order valence-electron chi connectivity index (χ4n) is 2.16.